The number of nitrogens with one attached hydrogen (secondary N) is 1. The van der Waals surface area contributed by atoms with E-state index in [1.807, 2.05) is 23.6 Å². The van der Waals surface area contributed by atoms with Crippen molar-refractivity contribution in [3.63, 3.8) is 0 Å². The maximum Gasteiger partial charge on any atom is 0.277 e. The zero-order valence-corrected chi connectivity index (χ0v) is 16.1. The second-order valence-electron chi connectivity index (χ2n) is 6.62. The third-order valence-corrected chi connectivity index (χ3v) is 4.62. The lowest BCUT2D eigenvalue weighted by Gasteiger charge is -2.07. The van der Waals surface area contributed by atoms with Crippen LogP contribution in [0.25, 0.3) is 17.0 Å². The molecule has 1 N–H and O–H groups in total. The molecule has 154 valence electrons. The van der Waals surface area contributed by atoms with Crippen LogP contribution < -0.4 is 5.32 Å². The second-order valence-corrected chi connectivity index (χ2v) is 6.62. The van der Waals surface area contributed by atoms with Gasteiger partial charge in [-0.1, -0.05) is 12.1 Å². The second kappa shape index (κ2) is 7.63. The molecule has 0 fully saturated rings. The Bertz CT molecular complexity index is 1330. The smallest absolute Gasteiger partial charge is 0.277 e. The summed E-state index contributed by atoms with van der Waals surface area (Å²) in [6, 6.07) is 11.4. The normalized spacial score (nSPS) is 10.7. The predicted octanol–water partition coefficient (Wildman–Crippen LogP) is 3.77. The van der Waals surface area contributed by atoms with Crippen molar-refractivity contribution in [3.8, 4) is 11.3 Å². The SMILES string of the molecule is Cc1c(-c2cccc(NC(=O)c3cc([N+](=O)[O-])cc([N+](=O)[O-])c3)c2)nc2ncccn12. The Hall–Kier alpha value is -4.67. The van der Waals surface area contributed by atoms with Gasteiger partial charge in [0, 0.05) is 41.5 Å². The van der Waals surface area contributed by atoms with Gasteiger partial charge in [-0.15, -0.1) is 0 Å². The summed E-state index contributed by atoms with van der Waals surface area (Å²) in [7, 11) is 0. The summed E-state index contributed by atoms with van der Waals surface area (Å²) >= 11 is 0. The molecule has 11 heteroatoms. The number of amides is 1. The maximum absolute atomic E-state index is 12.6. The Morgan fingerprint density at radius 1 is 1.03 bits per heavy atom. The van der Waals surface area contributed by atoms with Crippen LogP contribution in [0.1, 0.15) is 16.1 Å². The minimum atomic E-state index is -0.787. The quantitative estimate of drug-likeness (QED) is 0.383. The summed E-state index contributed by atoms with van der Waals surface area (Å²) in [6.45, 7) is 1.89. The van der Waals surface area contributed by atoms with Crippen LogP contribution in [0.3, 0.4) is 0 Å². The van der Waals surface area contributed by atoms with Gasteiger partial charge >= 0.3 is 0 Å². The molecule has 11 nitrogen and oxygen atoms in total. The van der Waals surface area contributed by atoms with Crippen LogP contribution in [0.5, 0.6) is 0 Å². The van der Waals surface area contributed by atoms with Crippen LogP contribution in [-0.4, -0.2) is 30.1 Å². The van der Waals surface area contributed by atoms with E-state index in [9.17, 15) is 25.0 Å². The van der Waals surface area contributed by atoms with E-state index in [-0.39, 0.29) is 5.56 Å². The van der Waals surface area contributed by atoms with Crippen molar-refractivity contribution in [1.29, 1.82) is 0 Å². The number of non-ortho nitro benzene ring substituents is 2. The van der Waals surface area contributed by atoms with Gasteiger partial charge in [0.1, 0.15) is 0 Å². The molecule has 31 heavy (non-hydrogen) atoms. The molecule has 0 saturated carbocycles. The first-order valence-electron chi connectivity index (χ1n) is 8.99. The van der Waals surface area contributed by atoms with Crippen molar-refractivity contribution >= 4 is 28.7 Å². The lowest BCUT2D eigenvalue weighted by molar-refractivity contribution is -0.394. The van der Waals surface area contributed by atoms with Crippen LogP contribution in [-0.2, 0) is 0 Å². The van der Waals surface area contributed by atoms with Gasteiger partial charge in [-0.05, 0) is 25.1 Å². The first-order valence-corrected chi connectivity index (χ1v) is 8.99. The molecule has 2 aromatic carbocycles. The molecule has 0 bridgehead atoms. The third kappa shape index (κ3) is 3.79. The van der Waals surface area contributed by atoms with Gasteiger partial charge in [0.2, 0.25) is 5.78 Å². The number of nitro benzene ring substituents is 2. The summed E-state index contributed by atoms with van der Waals surface area (Å²) in [5.41, 5.74) is 1.40. The maximum atomic E-state index is 12.6. The molecule has 0 atom stereocenters. The lowest BCUT2D eigenvalue weighted by Crippen LogP contribution is -2.12. The molecule has 4 rings (SSSR count). The third-order valence-electron chi connectivity index (χ3n) is 4.62. The molecule has 1 amide bonds. The highest BCUT2D eigenvalue weighted by molar-refractivity contribution is 6.05. The summed E-state index contributed by atoms with van der Waals surface area (Å²) in [5, 5.41) is 24.7. The number of anilines is 1. The summed E-state index contributed by atoms with van der Waals surface area (Å²) in [6.07, 6.45) is 3.48. The van der Waals surface area contributed by atoms with Gasteiger partial charge in [0.15, 0.2) is 0 Å². The fraction of sp³-hybridized carbons (Fsp3) is 0.0500. The number of aryl methyl sites for hydroxylation is 1. The van der Waals surface area contributed by atoms with E-state index in [4.69, 9.17) is 0 Å². The highest BCUT2D eigenvalue weighted by Gasteiger charge is 2.20. The van der Waals surface area contributed by atoms with Gasteiger partial charge in [0.05, 0.1) is 27.2 Å². The summed E-state index contributed by atoms with van der Waals surface area (Å²) in [4.78, 5) is 41.9. The van der Waals surface area contributed by atoms with Crippen LogP contribution in [0.2, 0.25) is 0 Å². The van der Waals surface area contributed by atoms with Gasteiger partial charge in [-0.3, -0.25) is 29.4 Å². The fourth-order valence-electron chi connectivity index (χ4n) is 3.16. The Morgan fingerprint density at radius 3 is 2.39 bits per heavy atom. The van der Waals surface area contributed by atoms with Gasteiger partial charge < -0.3 is 5.32 Å². The molecule has 0 aliphatic rings. The molecule has 0 unspecified atom stereocenters. The first-order chi connectivity index (χ1) is 14.8. The summed E-state index contributed by atoms with van der Waals surface area (Å²) in [5.74, 6) is -0.175. The number of benzene rings is 2. The standard InChI is InChI=1S/C20H14N6O5/c1-12-18(23-20-21-6-3-7-24(12)20)13-4-2-5-15(8-13)22-19(27)14-9-16(25(28)29)11-17(10-14)26(30)31/h2-11H,1H3,(H,22,27). The predicted molar refractivity (Wildman–Crippen MR) is 111 cm³/mol. The molecule has 0 radical (unpaired) electrons. The van der Waals surface area contributed by atoms with Crippen LogP contribution >= 0.6 is 0 Å². The molecule has 0 spiro atoms. The highest BCUT2D eigenvalue weighted by Crippen LogP contribution is 2.27. The van der Waals surface area contributed by atoms with E-state index < -0.39 is 27.1 Å². The Kier molecular flexibility index (Phi) is 4.83. The molecule has 4 aromatic rings. The number of imidazole rings is 1. The van der Waals surface area contributed by atoms with E-state index in [1.54, 1.807) is 30.5 Å². The van der Waals surface area contributed by atoms with E-state index in [0.717, 1.165) is 29.5 Å². The van der Waals surface area contributed by atoms with E-state index in [2.05, 4.69) is 15.3 Å². The van der Waals surface area contributed by atoms with E-state index in [0.29, 0.717) is 17.2 Å². The number of carbonyl (C=O) groups excluding carboxylic acids is 1. The summed E-state index contributed by atoms with van der Waals surface area (Å²) < 4.78 is 1.84. The molecular formula is C20H14N6O5. The van der Waals surface area contributed by atoms with Crippen molar-refractivity contribution in [2.45, 2.75) is 6.92 Å². The van der Waals surface area contributed by atoms with Gasteiger partial charge in [0.25, 0.3) is 17.3 Å². The van der Waals surface area contributed by atoms with Crippen molar-refractivity contribution in [3.05, 3.63) is 92.4 Å². The van der Waals surface area contributed by atoms with E-state index >= 15 is 0 Å². The fourth-order valence-corrected chi connectivity index (χ4v) is 3.16. The van der Waals surface area contributed by atoms with Gasteiger partial charge in [-0.2, -0.15) is 0 Å². The van der Waals surface area contributed by atoms with E-state index in [1.165, 1.54) is 0 Å². The van der Waals surface area contributed by atoms with Crippen LogP contribution in [0, 0.1) is 27.2 Å². The zero-order valence-electron chi connectivity index (χ0n) is 16.1. The van der Waals surface area contributed by atoms with Crippen molar-refractivity contribution in [2.24, 2.45) is 0 Å². The average Bonchev–Trinajstić information content (AvgIpc) is 3.10. The van der Waals surface area contributed by atoms with Crippen LogP contribution in [0.4, 0.5) is 17.1 Å². The Morgan fingerprint density at radius 2 is 1.74 bits per heavy atom. The topological polar surface area (TPSA) is 146 Å². The number of hydrogen-bond acceptors (Lipinski definition) is 7. The number of rotatable bonds is 5. The molecule has 2 heterocycles. The minimum Gasteiger partial charge on any atom is -0.322 e. The average molecular weight is 418 g/mol. The number of hydrogen-bond donors (Lipinski definition) is 1. The number of carbonyl (C=O) groups is 1. The Labute approximate surface area is 174 Å². The van der Waals surface area contributed by atoms with Gasteiger partial charge in [-0.25, -0.2) is 9.97 Å². The first kappa shape index (κ1) is 19.6. The molecule has 0 aliphatic heterocycles. The number of fused-ring (bicyclic) bond motifs is 1. The molecule has 0 saturated heterocycles. The van der Waals surface area contributed by atoms with Crippen LogP contribution in [0.15, 0.2) is 60.9 Å². The Balaban J connectivity index is 1.66. The lowest BCUT2D eigenvalue weighted by atomic mass is 10.1. The van der Waals surface area contributed by atoms with Crippen molar-refractivity contribution in [2.75, 3.05) is 5.32 Å². The van der Waals surface area contributed by atoms with Crippen molar-refractivity contribution in [1.82, 2.24) is 14.4 Å². The molecule has 2 aromatic heterocycles. The van der Waals surface area contributed by atoms with Crippen molar-refractivity contribution < 1.29 is 14.6 Å². The monoisotopic (exact) mass is 418 g/mol. The largest absolute Gasteiger partial charge is 0.322 e. The molecular weight excluding hydrogens is 404 g/mol. The number of aromatic nitrogens is 3. The highest BCUT2D eigenvalue weighted by atomic mass is 16.6. The zero-order chi connectivity index (χ0) is 22.1. The number of nitrogens with zero attached hydrogens (tertiary/aromatic N) is 5. The molecule has 0 aliphatic carbocycles. The number of nitro groups is 2. The minimum absolute atomic E-state index is 0.195.